The lowest BCUT2D eigenvalue weighted by molar-refractivity contribution is 0.233. The highest BCUT2D eigenvalue weighted by atomic mass is 16.5. The number of hydrogen-bond acceptors (Lipinski definition) is 6. The third-order valence-electron chi connectivity index (χ3n) is 4.18. The molecule has 1 fully saturated rings. The highest BCUT2D eigenvalue weighted by Gasteiger charge is 2.29. The van der Waals surface area contributed by atoms with Gasteiger partial charge in [-0.05, 0) is 38.1 Å². The van der Waals surface area contributed by atoms with Gasteiger partial charge in [0.25, 0.3) is 0 Å². The van der Waals surface area contributed by atoms with Gasteiger partial charge in [-0.3, -0.25) is 0 Å². The lowest BCUT2D eigenvalue weighted by Crippen LogP contribution is -2.51. The van der Waals surface area contributed by atoms with E-state index in [1.54, 1.807) is 7.11 Å². The Labute approximate surface area is 125 Å². The van der Waals surface area contributed by atoms with Crippen LogP contribution in [0.5, 0.6) is 11.5 Å². The van der Waals surface area contributed by atoms with Crippen molar-refractivity contribution in [1.82, 2.24) is 10.6 Å². The summed E-state index contributed by atoms with van der Waals surface area (Å²) in [5.41, 5.74) is 0.896. The van der Waals surface area contributed by atoms with E-state index >= 15 is 0 Å². The normalized spacial score (nSPS) is 25.7. The molecule has 4 N–H and O–H groups in total. The minimum Gasteiger partial charge on any atom is -0.493 e. The van der Waals surface area contributed by atoms with E-state index in [4.69, 9.17) is 15.3 Å². The number of nitrogens with zero attached hydrogens (tertiary/aromatic N) is 1. The van der Waals surface area contributed by atoms with Crippen molar-refractivity contribution in [2.24, 2.45) is 5.84 Å². The van der Waals surface area contributed by atoms with Gasteiger partial charge in [0, 0.05) is 12.6 Å². The van der Waals surface area contributed by atoms with Crippen LogP contribution in [0.15, 0.2) is 18.2 Å². The number of ether oxygens (including phenoxy) is 2. The third-order valence-corrected chi connectivity index (χ3v) is 4.18. The standard InChI is InChI=1S/C15H24N4O2/c1-20-14-5-2-4-13-15(14)21-10-12(19(13)16)8-11-9-17-6-3-7-18-11/h2,4-5,11-12,17-18H,3,6-10,16H2,1H3. The number of nitrogens with two attached hydrogens (primary N) is 1. The molecule has 0 amide bonds. The SMILES string of the molecule is COc1cccc2c1OCC(CC1CNCCCN1)N2N. The van der Waals surface area contributed by atoms with Gasteiger partial charge in [-0.15, -0.1) is 0 Å². The molecular formula is C15H24N4O2. The van der Waals surface area contributed by atoms with Crippen molar-refractivity contribution in [3.63, 3.8) is 0 Å². The summed E-state index contributed by atoms with van der Waals surface area (Å²) < 4.78 is 11.2. The van der Waals surface area contributed by atoms with Crippen molar-refractivity contribution in [1.29, 1.82) is 0 Å². The second-order valence-electron chi connectivity index (χ2n) is 5.63. The fourth-order valence-corrected chi connectivity index (χ4v) is 3.01. The first-order valence-corrected chi connectivity index (χ1v) is 7.57. The number of para-hydroxylation sites is 1. The molecular weight excluding hydrogens is 268 g/mol. The van der Waals surface area contributed by atoms with Crippen molar-refractivity contribution in [2.45, 2.75) is 24.9 Å². The van der Waals surface area contributed by atoms with Gasteiger partial charge >= 0.3 is 0 Å². The maximum Gasteiger partial charge on any atom is 0.185 e. The zero-order chi connectivity index (χ0) is 14.7. The lowest BCUT2D eigenvalue weighted by atomic mass is 10.0. The Balaban J connectivity index is 1.71. The number of nitrogens with one attached hydrogen (secondary N) is 2. The Bertz CT molecular complexity index is 475. The van der Waals surface area contributed by atoms with Crippen LogP contribution in [0.4, 0.5) is 5.69 Å². The molecule has 6 heteroatoms. The van der Waals surface area contributed by atoms with Gasteiger partial charge < -0.3 is 25.1 Å². The molecule has 2 atom stereocenters. The number of hydrazine groups is 1. The van der Waals surface area contributed by atoms with Crippen LogP contribution in [-0.4, -0.2) is 45.4 Å². The first-order chi connectivity index (χ1) is 10.3. The molecule has 0 aliphatic carbocycles. The molecule has 2 heterocycles. The van der Waals surface area contributed by atoms with Crippen LogP contribution >= 0.6 is 0 Å². The summed E-state index contributed by atoms with van der Waals surface area (Å²) in [6.45, 7) is 3.70. The summed E-state index contributed by atoms with van der Waals surface area (Å²) in [5.74, 6) is 7.79. The van der Waals surface area contributed by atoms with Crippen molar-refractivity contribution in [3.8, 4) is 11.5 Å². The third kappa shape index (κ3) is 3.07. The second-order valence-corrected chi connectivity index (χ2v) is 5.63. The molecule has 0 aromatic heterocycles. The van der Waals surface area contributed by atoms with Gasteiger partial charge in [-0.2, -0.15) is 0 Å². The smallest absolute Gasteiger partial charge is 0.185 e. The van der Waals surface area contributed by atoms with E-state index in [1.165, 1.54) is 6.42 Å². The zero-order valence-corrected chi connectivity index (χ0v) is 12.5. The van der Waals surface area contributed by atoms with Crippen LogP contribution in [0.3, 0.4) is 0 Å². The largest absolute Gasteiger partial charge is 0.493 e. The van der Waals surface area contributed by atoms with Crippen LogP contribution in [0.2, 0.25) is 0 Å². The van der Waals surface area contributed by atoms with Crippen molar-refractivity contribution >= 4 is 5.69 Å². The molecule has 3 rings (SSSR count). The number of anilines is 1. The Kier molecular flexibility index (Phi) is 4.48. The Morgan fingerprint density at radius 3 is 3.19 bits per heavy atom. The quantitative estimate of drug-likeness (QED) is 0.704. The van der Waals surface area contributed by atoms with E-state index in [9.17, 15) is 0 Å². The van der Waals surface area contributed by atoms with Gasteiger partial charge in [0.15, 0.2) is 11.5 Å². The molecule has 0 bridgehead atoms. The summed E-state index contributed by atoms with van der Waals surface area (Å²) in [5, 5.41) is 8.85. The minimum atomic E-state index is 0.169. The number of methoxy groups -OCH3 is 1. The predicted molar refractivity (Wildman–Crippen MR) is 82.8 cm³/mol. The molecule has 6 nitrogen and oxygen atoms in total. The monoisotopic (exact) mass is 292 g/mol. The summed E-state index contributed by atoms with van der Waals surface area (Å²) in [4.78, 5) is 0. The van der Waals surface area contributed by atoms with E-state index in [-0.39, 0.29) is 6.04 Å². The van der Waals surface area contributed by atoms with Crippen molar-refractivity contribution in [2.75, 3.05) is 38.4 Å². The number of rotatable bonds is 3. The fourth-order valence-electron chi connectivity index (χ4n) is 3.01. The van der Waals surface area contributed by atoms with Gasteiger partial charge in [-0.25, -0.2) is 5.84 Å². The molecule has 116 valence electrons. The van der Waals surface area contributed by atoms with E-state index in [0.717, 1.165) is 43.2 Å². The molecule has 2 aliphatic rings. The predicted octanol–water partition coefficient (Wildman–Crippen LogP) is 0.478. The number of benzene rings is 1. The Morgan fingerprint density at radius 1 is 1.43 bits per heavy atom. The van der Waals surface area contributed by atoms with Gasteiger partial charge in [0.05, 0.1) is 18.8 Å². The second kappa shape index (κ2) is 6.51. The highest BCUT2D eigenvalue weighted by Crippen LogP contribution is 2.40. The van der Waals surface area contributed by atoms with Crippen molar-refractivity contribution in [3.05, 3.63) is 18.2 Å². The van der Waals surface area contributed by atoms with Crippen LogP contribution in [0.25, 0.3) is 0 Å². The summed E-state index contributed by atoms with van der Waals surface area (Å²) >= 11 is 0. The van der Waals surface area contributed by atoms with Gasteiger partial charge in [0.1, 0.15) is 6.61 Å². The minimum absolute atomic E-state index is 0.169. The summed E-state index contributed by atoms with van der Waals surface area (Å²) in [6, 6.07) is 6.41. The Morgan fingerprint density at radius 2 is 2.33 bits per heavy atom. The summed E-state index contributed by atoms with van der Waals surface area (Å²) in [6.07, 6.45) is 2.13. The highest BCUT2D eigenvalue weighted by molar-refractivity contribution is 5.65. The molecule has 0 saturated carbocycles. The number of hydrogen-bond donors (Lipinski definition) is 3. The van der Waals surface area contributed by atoms with Gasteiger partial charge in [0.2, 0.25) is 0 Å². The first kappa shape index (κ1) is 14.4. The number of fused-ring (bicyclic) bond motifs is 1. The molecule has 1 saturated heterocycles. The molecule has 21 heavy (non-hydrogen) atoms. The maximum absolute atomic E-state index is 6.32. The molecule has 2 aliphatic heterocycles. The molecule has 2 unspecified atom stereocenters. The van der Waals surface area contributed by atoms with Crippen LogP contribution in [0, 0.1) is 0 Å². The maximum atomic E-state index is 6.32. The molecule has 1 aromatic rings. The first-order valence-electron chi connectivity index (χ1n) is 7.57. The van der Waals surface area contributed by atoms with E-state index in [0.29, 0.717) is 12.6 Å². The average molecular weight is 292 g/mol. The Hall–Kier alpha value is -1.50. The molecule has 1 aromatic carbocycles. The van der Waals surface area contributed by atoms with Crippen LogP contribution in [0.1, 0.15) is 12.8 Å². The van der Waals surface area contributed by atoms with E-state index < -0.39 is 0 Å². The van der Waals surface area contributed by atoms with Crippen LogP contribution in [-0.2, 0) is 0 Å². The molecule has 0 radical (unpaired) electrons. The lowest BCUT2D eigenvalue weighted by Gasteiger charge is -2.37. The zero-order valence-electron chi connectivity index (χ0n) is 12.5. The average Bonchev–Trinajstić information content (AvgIpc) is 2.78. The van der Waals surface area contributed by atoms with Crippen LogP contribution < -0.4 is 31.0 Å². The topological polar surface area (TPSA) is 71.8 Å². The molecule has 0 spiro atoms. The van der Waals surface area contributed by atoms with Crippen molar-refractivity contribution < 1.29 is 9.47 Å². The fraction of sp³-hybridized carbons (Fsp3) is 0.600. The van der Waals surface area contributed by atoms with Gasteiger partial charge in [-0.1, -0.05) is 6.07 Å². The van der Waals surface area contributed by atoms with E-state index in [2.05, 4.69) is 10.6 Å². The summed E-state index contributed by atoms with van der Waals surface area (Å²) in [7, 11) is 1.65. The van der Waals surface area contributed by atoms with E-state index in [1.807, 2.05) is 23.2 Å².